The zero-order chi connectivity index (χ0) is 15.9. The maximum atomic E-state index is 10.8. The van der Waals surface area contributed by atoms with Crippen LogP contribution in [0.25, 0.3) is 0 Å². The molecule has 0 bridgehead atoms. The summed E-state index contributed by atoms with van der Waals surface area (Å²) < 4.78 is 2.01. The van der Waals surface area contributed by atoms with Crippen LogP contribution in [0.2, 0.25) is 0 Å². The van der Waals surface area contributed by atoms with Gasteiger partial charge in [-0.25, -0.2) is 0 Å². The van der Waals surface area contributed by atoms with Crippen molar-refractivity contribution >= 4 is 17.4 Å². The van der Waals surface area contributed by atoms with E-state index in [2.05, 4.69) is 10.2 Å². The third kappa shape index (κ3) is 4.05. The van der Waals surface area contributed by atoms with Crippen LogP contribution in [0.1, 0.15) is 24.7 Å². The molecule has 0 spiro atoms. The van der Waals surface area contributed by atoms with Crippen molar-refractivity contribution in [2.24, 2.45) is 0 Å². The molecule has 0 radical (unpaired) electrons. The molecule has 118 valence electrons. The SMILES string of the molecule is CCn1c(CCCO)nnc1SCc1cccc([N+](=O)[O-])c1. The molecule has 2 aromatic rings. The number of aliphatic hydroxyl groups is 1. The number of benzene rings is 1. The Labute approximate surface area is 132 Å². The van der Waals surface area contributed by atoms with Crippen LogP contribution in [0, 0.1) is 10.1 Å². The predicted molar refractivity (Wildman–Crippen MR) is 83.8 cm³/mol. The number of non-ortho nitro benzene ring substituents is 1. The Morgan fingerprint density at radius 1 is 1.41 bits per heavy atom. The van der Waals surface area contributed by atoms with Gasteiger partial charge >= 0.3 is 0 Å². The van der Waals surface area contributed by atoms with E-state index < -0.39 is 4.92 Å². The third-order valence-corrected chi connectivity index (χ3v) is 4.20. The van der Waals surface area contributed by atoms with Crippen molar-refractivity contribution in [1.29, 1.82) is 0 Å². The van der Waals surface area contributed by atoms with Crippen LogP contribution >= 0.6 is 11.8 Å². The van der Waals surface area contributed by atoms with E-state index in [-0.39, 0.29) is 12.3 Å². The van der Waals surface area contributed by atoms with Gasteiger partial charge in [0.25, 0.3) is 5.69 Å². The average Bonchev–Trinajstić information content (AvgIpc) is 2.93. The fourth-order valence-corrected chi connectivity index (χ4v) is 3.04. The Morgan fingerprint density at radius 2 is 2.23 bits per heavy atom. The second kappa shape index (κ2) is 7.90. The minimum atomic E-state index is -0.393. The highest BCUT2D eigenvalue weighted by Crippen LogP contribution is 2.24. The summed E-state index contributed by atoms with van der Waals surface area (Å²) in [7, 11) is 0. The Morgan fingerprint density at radius 3 is 2.91 bits per heavy atom. The summed E-state index contributed by atoms with van der Waals surface area (Å²) in [6.45, 7) is 2.90. The number of nitro benzene ring substituents is 1. The Balaban J connectivity index is 2.06. The molecule has 22 heavy (non-hydrogen) atoms. The van der Waals surface area contributed by atoms with Gasteiger partial charge < -0.3 is 9.67 Å². The standard InChI is InChI=1S/C14H18N4O3S/c1-2-17-13(7-4-8-19)15-16-14(17)22-10-11-5-3-6-12(9-11)18(20)21/h3,5-6,9,19H,2,4,7-8,10H2,1H3. The summed E-state index contributed by atoms with van der Waals surface area (Å²) >= 11 is 1.50. The fourth-order valence-electron chi connectivity index (χ4n) is 2.07. The molecule has 1 aromatic heterocycles. The Kier molecular flexibility index (Phi) is 5.91. The number of aromatic nitrogens is 3. The van der Waals surface area contributed by atoms with Crippen LogP contribution in [-0.4, -0.2) is 31.4 Å². The molecule has 0 fully saturated rings. The van der Waals surface area contributed by atoms with Crippen LogP contribution in [0.5, 0.6) is 0 Å². The van der Waals surface area contributed by atoms with Crippen molar-refractivity contribution < 1.29 is 10.0 Å². The van der Waals surface area contributed by atoms with Crippen molar-refractivity contribution in [3.05, 3.63) is 45.8 Å². The number of aliphatic hydroxyl groups excluding tert-OH is 1. The lowest BCUT2D eigenvalue weighted by Gasteiger charge is -2.06. The van der Waals surface area contributed by atoms with Crippen molar-refractivity contribution in [1.82, 2.24) is 14.8 Å². The second-order valence-corrected chi connectivity index (χ2v) is 5.63. The van der Waals surface area contributed by atoms with Gasteiger partial charge in [0.1, 0.15) is 5.82 Å². The highest BCUT2D eigenvalue weighted by Gasteiger charge is 2.12. The molecule has 0 saturated heterocycles. The summed E-state index contributed by atoms with van der Waals surface area (Å²) in [5, 5.41) is 28.8. The van der Waals surface area contributed by atoms with E-state index in [0.717, 1.165) is 23.1 Å². The van der Waals surface area contributed by atoms with Crippen molar-refractivity contribution in [3.63, 3.8) is 0 Å². The molecule has 0 unspecified atom stereocenters. The van der Waals surface area contributed by atoms with Crippen LogP contribution in [0.15, 0.2) is 29.4 Å². The number of rotatable bonds is 8. The molecule has 8 heteroatoms. The molecule has 0 atom stereocenters. The van der Waals surface area contributed by atoms with Crippen molar-refractivity contribution in [2.75, 3.05) is 6.61 Å². The van der Waals surface area contributed by atoms with E-state index in [1.54, 1.807) is 12.1 Å². The lowest BCUT2D eigenvalue weighted by Crippen LogP contribution is -2.04. The average molecular weight is 322 g/mol. The molecular weight excluding hydrogens is 304 g/mol. The molecule has 0 aliphatic carbocycles. The maximum Gasteiger partial charge on any atom is 0.269 e. The second-order valence-electron chi connectivity index (χ2n) is 4.69. The molecule has 1 aromatic carbocycles. The van der Waals surface area contributed by atoms with E-state index in [1.807, 2.05) is 17.6 Å². The summed E-state index contributed by atoms with van der Waals surface area (Å²) in [5.74, 6) is 1.46. The van der Waals surface area contributed by atoms with Gasteiger partial charge in [0.2, 0.25) is 0 Å². The Hall–Kier alpha value is -1.93. The van der Waals surface area contributed by atoms with Crippen molar-refractivity contribution in [2.45, 2.75) is 37.2 Å². The van der Waals surface area contributed by atoms with Gasteiger partial charge in [-0.2, -0.15) is 0 Å². The maximum absolute atomic E-state index is 10.8. The number of hydrogen-bond donors (Lipinski definition) is 1. The highest BCUT2D eigenvalue weighted by atomic mass is 32.2. The zero-order valence-corrected chi connectivity index (χ0v) is 13.1. The normalized spacial score (nSPS) is 10.8. The fraction of sp³-hybridized carbons (Fsp3) is 0.429. The lowest BCUT2D eigenvalue weighted by molar-refractivity contribution is -0.384. The van der Waals surface area contributed by atoms with E-state index >= 15 is 0 Å². The topological polar surface area (TPSA) is 94.1 Å². The Bertz CT molecular complexity index is 645. The van der Waals surface area contributed by atoms with Crippen LogP contribution in [-0.2, 0) is 18.7 Å². The molecule has 0 aliphatic rings. The van der Waals surface area contributed by atoms with E-state index in [9.17, 15) is 10.1 Å². The number of hydrogen-bond acceptors (Lipinski definition) is 6. The quantitative estimate of drug-likeness (QED) is 0.456. The van der Waals surface area contributed by atoms with Gasteiger partial charge in [-0.3, -0.25) is 10.1 Å². The smallest absolute Gasteiger partial charge is 0.269 e. The lowest BCUT2D eigenvalue weighted by atomic mass is 10.2. The summed E-state index contributed by atoms with van der Waals surface area (Å²) in [6, 6.07) is 6.60. The summed E-state index contributed by atoms with van der Waals surface area (Å²) in [6.07, 6.45) is 1.35. The minimum Gasteiger partial charge on any atom is -0.396 e. The first-order valence-corrected chi connectivity index (χ1v) is 8.03. The number of thioether (sulfide) groups is 1. The molecule has 2 rings (SSSR count). The number of nitro groups is 1. The highest BCUT2D eigenvalue weighted by molar-refractivity contribution is 7.98. The first-order valence-electron chi connectivity index (χ1n) is 7.04. The largest absolute Gasteiger partial charge is 0.396 e. The first-order chi connectivity index (χ1) is 10.7. The van der Waals surface area contributed by atoms with Gasteiger partial charge in [0.05, 0.1) is 4.92 Å². The van der Waals surface area contributed by atoms with Gasteiger partial charge in [-0.05, 0) is 18.9 Å². The number of nitrogens with zero attached hydrogens (tertiary/aromatic N) is 4. The monoisotopic (exact) mass is 322 g/mol. The van der Waals surface area contributed by atoms with Gasteiger partial charge in [0, 0.05) is 37.5 Å². The molecular formula is C14H18N4O3S. The van der Waals surface area contributed by atoms with Gasteiger partial charge in [-0.1, -0.05) is 23.9 Å². The molecule has 0 amide bonds. The van der Waals surface area contributed by atoms with Crippen LogP contribution < -0.4 is 0 Å². The van der Waals surface area contributed by atoms with Crippen LogP contribution in [0.4, 0.5) is 5.69 Å². The summed E-state index contributed by atoms with van der Waals surface area (Å²) in [5.41, 5.74) is 0.973. The predicted octanol–water partition coefficient (Wildman–Crippen LogP) is 2.42. The van der Waals surface area contributed by atoms with Crippen molar-refractivity contribution in [3.8, 4) is 0 Å². The molecule has 1 heterocycles. The first kappa shape index (κ1) is 16.4. The zero-order valence-electron chi connectivity index (χ0n) is 12.3. The molecule has 0 saturated carbocycles. The van der Waals surface area contributed by atoms with Gasteiger partial charge in [0.15, 0.2) is 5.16 Å². The molecule has 1 N–H and O–H groups in total. The van der Waals surface area contributed by atoms with E-state index in [4.69, 9.17) is 5.11 Å². The molecule has 0 aliphatic heterocycles. The van der Waals surface area contributed by atoms with E-state index in [0.29, 0.717) is 18.6 Å². The minimum absolute atomic E-state index is 0.0960. The summed E-state index contributed by atoms with van der Waals surface area (Å²) in [4.78, 5) is 10.4. The number of aryl methyl sites for hydroxylation is 1. The van der Waals surface area contributed by atoms with Gasteiger partial charge in [-0.15, -0.1) is 10.2 Å². The molecule has 7 nitrogen and oxygen atoms in total. The third-order valence-electron chi connectivity index (χ3n) is 3.16. The van der Waals surface area contributed by atoms with Crippen LogP contribution in [0.3, 0.4) is 0 Å². The van der Waals surface area contributed by atoms with E-state index in [1.165, 1.54) is 17.8 Å².